The highest BCUT2D eigenvalue weighted by atomic mass is 32.2. The van der Waals surface area contributed by atoms with Crippen molar-refractivity contribution in [2.45, 2.75) is 30.6 Å². The second-order valence-corrected chi connectivity index (χ2v) is 16.3. The molecule has 3 nitrogen and oxygen atoms in total. The Morgan fingerprint density at radius 3 is 1.38 bits per heavy atom. The first-order chi connectivity index (χ1) is 20.5. The van der Waals surface area contributed by atoms with E-state index in [1.165, 1.54) is 20.2 Å². The van der Waals surface area contributed by atoms with Crippen LogP contribution in [-0.4, -0.2) is 32.5 Å². The quantitative estimate of drug-likeness (QED) is 0.105. The fraction of sp³-hybridized carbons (Fsp3) is 0.189. The molecule has 0 aliphatic rings. The number of hydrogen-bond donors (Lipinski definition) is 0. The number of hydrogen-bond acceptors (Lipinski definition) is 2. The van der Waals surface area contributed by atoms with Crippen molar-refractivity contribution < 1.29 is 8.42 Å². The molecule has 5 heteroatoms. The first kappa shape index (κ1) is 29.9. The molecule has 0 aliphatic heterocycles. The van der Waals surface area contributed by atoms with Crippen molar-refractivity contribution in [3.05, 3.63) is 146 Å². The lowest BCUT2D eigenvalue weighted by atomic mass is 10.1. The van der Waals surface area contributed by atoms with Crippen molar-refractivity contribution >= 4 is 33.2 Å². The van der Waals surface area contributed by atoms with E-state index in [0.717, 1.165) is 43.0 Å². The average Bonchev–Trinajstić information content (AvgIpc) is 3.06. The molecule has 0 atom stereocenters. The van der Waals surface area contributed by atoms with Gasteiger partial charge in [0.15, 0.2) is 0 Å². The third kappa shape index (κ3) is 6.73. The summed E-state index contributed by atoms with van der Waals surface area (Å²) in [6.45, 7) is 0.513. The molecular formula is C37H39NO2PS+. The van der Waals surface area contributed by atoms with Gasteiger partial charge >= 0.3 is 0 Å². The molecule has 0 spiro atoms. The molecule has 5 aromatic carbocycles. The molecule has 0 aromatic heterocycles. The molecule has 0 fully saturated rings. The maximum absolute atomic E-state index is 13.2. The maximum Gasteiger partial charge on any atom is 0.242 e. The highest BCUT2D eigenvalue weighted by molar-refractivity contribution is 7.95. The second-order valence-electron chi connectivity index (χ2n) is 10.7. The van der Waals surface area contributed by atoms with Gasteiger partial charge in [-0.05, 0) is 78.9 Å². The number of rotatable bonds is 13. The first-order valence-electron chi connectivity index (χ1n) is 14.7. The van der Waals surface area contributed by atoms with E-state index < -0.39 is 17.3 Å². The van der Waals surface area contributed by atoms with Crippen LogP contribution in [0.25, 0.3) is 11.1 Å². The molecule has 0 aliphatic carbocycles. The van der Waals surface area contributed by atoms with E-state index in [-0.39, 0.29) is 0 Å². The van der Waals surface area contributed by atoms with Gasteiger partial charge in [-0.2, -0.15) is 0 Å². The predicted octanol–water partition coefficient (Wildman–Crippen LogP) is 7.53. The smallest absolute Gasteiger partial charge is 0.207 e. The molecule has 0 amide bonds. The monoisotopic (exact) mass is 592 g/mol. The van der Waals surface area contributed by atoms with Gasteiger partial charge in [0, 0.05) is 13.6 Å². The molecule has 0 saturated carbocycles. The lowest BCUT2D eigenvalue weighted by Gasteiger charge is -2.27. The summed E-state index contributed by atoms with van der Waals surface area (Å²) in [4.78, 5) is 0.341. The van der Waals surface area contributed by atoms with E-state index >= 15 is 0 Å². The van der Waals surface area contributed by atoms with Crippen molar-refractivity contribution in [2.24, 2.45) is 0 Å². The third-order valence-corrected chi connectivity index (χ3v) is 14.4. The number of sulfonamides is 1. The zero-order valence-corrected chi connectivity index (χ0v) is 25.9. The standard InChI is InChI=1S/C37H39NO2PS/c1-38(42(39,40)37-28-26-33(27-29-37)32-18-8-4-9-19-32)30-16-2-3-17-31-41(34-20-10-5-11-21-34,35-22-12-6-13-23-35)36-24-14-7-15-25-36/h4-15,18-29H,2-3,16-17,30-31H2,1H3/q+1. The fourth-order valence-electron chi connectivity index (χ4n) is 5.67. The van der Waals surface area contributed by atoms with Gasteiger partial charge in [-0.1, -0.05) is 103 Å². The summed E-state index contributed by atoms with van der Waals surface area (Å²) in [7, 11) is -3.65. The van der Waals surface area contributed by atoms with Crippen LogP contribution in [0.15, 0.2) is 150 Å². The van der Waals surface area contributed by atoms with Crippen LogP contribution in [0.4, 0.5) is 0 Å². The van der Waals surface area contributed by atoms with Crippen molar-refractivity contribution in [3.8, 4) is 11.1 Å². The minimum Gasteiger partial charge on any atom is -0.207 e. The number of benzene rings is 5. The average molecular weight is 593 g/mol. The molecule has 5 aromatic rings. The molecule has 214 valence electrons. The van der Waals surface area contributed by atoms with Crippen molar-refractivity contribution in [1.29, 1.82) is 0 Å². The number of unbranched alkanes of at least 4 members (excludes halogenated alkanes) is 3. The summed E-state index contributed by atoms with van der Waals surface area (Å²) in [5.41, 5.74) is 2.09. The molecule has 0 radical (unpaired) electrons. The zero-order valence-electron chi connectivity index (χ0n) is 24.2. The first-order valence-corrected chi connectivity index (χ1v) is 18.1. The van der Waals surface area contributed by atoms with Gasteiger partial charge in [-0.25, -0.2) is 12.7 Å². The van der Waals surface area contributed by atoms with Gasteiger partial charge < -0.3 is 0 Å². The molecule has 0 saturated heterocycles. The minimum absolute atomic E-state index is 0.341. The van der Waals surface area contributed by atoms with E-state index in [1.807, 2.05) is 42.5 Å². The van der Waals surface area contributed by atoms with Crippen LogP contribution >= 0.6 is 7.26 Å². The van der Waals surface area contributed by atoms with Crippen molar-refractivity contribution in [1.82, 2.24) is 4.31 Å². The topological polar surface area (TPSA) is 37.4 Å². The van der Waals surface area contributed by atoms with E-state index in [4.69, 9.17) is 0 Å². The van der Waals surface area contributed by atoms with E-state index in [1.54, 1.807) is 19.2 Å². The molecule has 5 rings (SSSR count). The van der Waals surface area contributed by atoms with Gasteiger partial charge in [0.2, 0.25) is 10.0 Å². The van der Waals surface area contributed by atoms with Crippen LogP contribution in [-0.2, 0) is 10.0 Å². The Balaban J connectivity index is 1.22. The Morgan fingerprint density at radius 2 is 0.905 bits per heavy atom. The predicted molar refractivity (Wildman–Crippen MR) is 180 cm³/mol. The summed E-state index contributed by atoms with van der Waals surface area (Å²) < 4.78 is 28.0. The largest absolute Gasteiger partial charge is 0.242 e. The summed E-state index contributed by atoms with van der Waals surface area (Å²) in [5.74, 6) is 0. The van der Waals surface area contributed by atoms with Crippen molar-refractivity contribution in [2.75, 3.05) is 19.8 Å². The van der Waals surface area contributed by atoms with Crippen molar-refractivity contribution in [3.63, 3.8) is 0 Å². The summed E-state index contributed by atoms with van der Waals surface area (Å²) in [6.07, 6.45) is 5.07. The van der Waals surface area contributed by atoms with Gasteiger partial charge in [-0.3, -0.25) is 0 Å². The normalized spacial score (nSPS) is 12.0. The molecule has 0 unspecified atom stereocenters. The Hall–Kier alpha value is -3.56. The fourth-order valence-corrected chi connectivity index (χ4v) is 11.3. The molecular weight excluding hydrogens is 553 g/mol. The Bertz CT molecular complexity index is 1530. The van der Waals surface area contributed by atoms with Crippen LogP contribution in [0, 0.1) is 0 Å². The molecule has 42 heavy (non-hydrogen) atoms. The van der Waals surface area contributed by atoms with Crippen LogP contribution in [0.1, 0.15) is 25.7 Å². The third-order valence-electron chi connectivity index (χ3n) is 7.98. The van der Waals surface area contributed by atoms with Crippen LogP contribution in [0.3, 0.4) is 0 Å². The summed E-state index contributed by atoms with van der Waals surface area (Å²) in [5, 5.41) is 4.23. The highest BCUT2D eigenvalue weighted by Crippen LogP contribution is 2.56. The lowest BCUT2D eigenvalue weighted by Crippen LogP contribution is -2.33. The van der Waals surface area contributed by atoms with Crippen LogP contribution < -0.4 is 15.9 Å². The maximum atomic E-state index is 13.2. The van der Waals surface area contributed by atoms with E-state index in [9.17, 15) is 8.42 Å². The summed E-state index contributed by atoms with van der Waals surface area (Å²) >= 11 is 0. The van der Waals surface area contributed by atoms with Gasteiger partial charge in [0.25, 0.3) is 0 Å². The van der Waals surface area contributed by atoms with Crippen LogP contribution in [0.5, 0.6) is 0 Å². The SMILES string of the molecule is CN(CCCCCC[P+](c1ccccc1)(c1ccccc1)c1ccccc1)S(=O)(=O)c1ccc(-c2ccccc2)cc1. The zero-order chi connectivity index (χ0) is 29.3. The highest BCUT2D eigenvalue weighted by Gasteiger charge is 2.44. The Kier molecular flexibility index (Phi) is 10.0. The Morgan fingerprint density at radius 1 is 0.500 bits per heavy atom. The van der Waals surface area contributed by atoms with E-state index in [2.05, 4.69) is 91.0 Å². The number of nitrogens with zero attached hydrogens (tertiary/aromatic N) is 1. The second kappa shape index (κ2) is 14.1. The van der Waals surface area contributed by atoms with Crippen LogP contribution in [0.2, 0.25) is 0 Å². The molecule has 0 heterocycles. The van der Waals surface area contributed by atoms with Gasteiger partial charge in [0.05, 0.1) is 11.1 Å². The van der Waals surface area contributed by atoms with Gasteiger partial charge in [0.1, 0.15) is 23.2 Å². The Labute approximate surface area is 252 Å². The molecule has 0 N–H and O–H groups in total. The van der Waals surface area contributed by atoms with E-state index in [0.29, 0.717) is 11.4 Å². The summed E-state index contributed by atoms with van der Waals surface area (Å²) in [6, 6.07) is 50.2. The lowest BCUT2D eigenvalue weighted by molar-refractivity contribution is 0.451. The molecule has 0 bridgehead atoms. The minimum atomic E-state index is -3.52. The van der Waals surface area contributed by atoms with Gasteiger partial charge in [-0.15, -0.1) is 0 Å².